The minimum Gasteiger partial charge on any atom is -0.478 e. The van der Waals surface area contributed by atoms with Gasteiger partial charge in [-0.1, -0.05) is 13.0 Å². The number of carboxylic acid groups (broad SMARTS) is 1. The summed E-state index contributed by atoms with van der Waals surface area (Å²) in [6.45, 7) is 4.38. The highest BCUT2D eigenvalue weighted by atomic mass is 16.4. The van der Waals surface area contributed by atoms with E-state index in [1.165, 1.54) is 36.8 Å². The molecule has 1 aromatic carbocycles. The van der Waals surface area contributed by atoms with Crippen LogP contribution in [0.1, 0.15) is 73.4 Å². The lowest BCUT2D eigenvalue weighted by Crippen LogP contribution is -2.44. The van der Waals surface area contributed by atoms with Crippen LogP contribution in [0.5, 0.6) is 0 Å². The molecule has 3 aliphatic carbocycles. The molecule has 0 heterocycles. The number of hydrogen-bond donors (Lipinski definition) is 2. The fourth-order valence-corrected chi connectivity index (χ4v) is 6.55. The van der Waals surface area contributed by atoms with Crippen molar-refractivity contribution in [3.8, 4) is 0 Å². The zero-order chi connectivity index (χ0) is 17.1. The first-order chi connectivity index (χ1) is 11.4. The van der Waals surface area contributed by atoms with Gasteiger partial charge in [-0.2, -0.15) is 0 Å². The highest BCUT2D eigenvalue weighted by Crippen LogP contribution is 2.63. The summed E-state index contributed by atoms with van der Waals surface area (Å²) in [5.74, 6) is 1.62. The highest BCUT2D eigenvalue weighted by molar-refractivity contribution is 5.88. The van der Waals surface area contributed by atoms with Crippen LogP contribution in [-0.4, -0.2) is 22.3 Å². The summed E-state index contributed by atoms with van der Waals surface area (Å²) >= 11 is 0. The molecule has 2 saturated carbocycles. The van der Waals surface area contributed by atoms with E-state index in [9.17, 15) is 15.0 Å². The molecule has 3 heteroatoms. The predicted molar refractivity (Wildman–Crippen MR) is 93.2 cm³/mol. The van der Waals surface area contributed by atoms with Crippen molar-refractivity contribution < 1.29 is 15.0 Å². The Balaban J connectivity index is 1.66. The van der Waals surface area contributed by atoms with Gasteiger partial charge in [0.1, 0.15) is 0 Å². The van der Waals surface area contributed by atoms with Crippen molar-refractivity contribution in [2.24, 2.45) is 23.2 Å². The van der Waals surface area contributed by atoms with Gasteiger partial charge >= 0.3 is 5.97 Å². The third-order valence-electron chi connectivity index (χ3n) is 7.63. The Bertz CT molecular complexity index is 665. The van der Waals surface area contributed by atoms with Crippen molar-refractivity contribution in [2.75, 3.05) is 0 Å². The van der Waals surface area contributed by atoms with Crippen LogP contribution in [0.25, 0.3) is 0 Å². The summed E-state index contributed by atoms with van der Waals surface area (Å²) in [6.07, 6.45) is 6.75. The second-order valence-electron chi connectivity index (χ2n) is 8.60. The van der Waals surface area contributed by atoms with Crippen molar-refractivity contribution in [1.82, 2.24) is 0 Å². The lowest BCUT2D eigenvalue weighted by molar-refractivity contribution is -0.0180. The molecule has 0 bridgehead atoms. The molecular formula is C21H28O3. The maximum Gasteiger partial charge on any atom is 0.335 e. The van der Waals surface area contributed by atoms with Crippen LogP contribution in [0.4, 0.5) is 0 Å². The Morgan fingerprint density at radius 3 is 2.75 bits per heavy atom. The van der Waals surface area contributed by atoms with Crippen LogP contribution in [-0.2, 0) is 6.42 Å². The van der Waals surface area contributed by atoms with E-state index in [-0.39, 0.29) is 11.5 Å². The Morgan fingerprint density at radius 1 is 1.25 bits per heavy atom. The molecule has 0 aliphatic heterocycles. The van der Waals surface area contributed by atoms with E-state index in [0.29, 0.717) is 29.2 Å². The zero-order valence-electron chi connectivity index (χ0n) is 14.7. The number of carboxylic acids is 1. The summed E-state index contributed by atoms with van der Waals surface area (Å²) in [7, 11) is 0. The number of aliphatic hydroxyl groups is 1. The van der Waals surface area contributed by atoms with E-state index < -0.39 is 5.97 Å². The van der Waals surface area contributed by atoms with Crippen LogP contribution in [0.2, 0.25) is 0 Å². The normalized spacial score (nSPS) is 38.8. The lowest BCUT2D eigenvalue weighted by atomic mass is 9.54. The van der Waals surface area contributed by atoms with Crippen molar-refractivity contribution in [1.29, 1.82) is 0 Å². The van der Waals surface area contributed by atoms with Gasteiger partial charge in [-0.25, -0.2) is 4.79 Å². The molecule has 2 fully saturated rings. The van der Waals surface area contributed by atoms with Gasteiger partial charge in [0.15, 0.2) is 0 Å². The van der Waals surface area contributed by atoms with Crippen LogP contribution in [0, 0.1) is 23.2 Å². The molecule has 0 amide bonds. The number of rotatable bonds is 2. The quantitative estimate of drug-likeness (QED) is 0.854. The van der Waals surface area contributed by atoms with E-state index in [2.05, 4.69) is 13.0 Å². The Labute approximate surface area is 144 Å². The Morgan fingerprint density at radius 2 is 2.04 bits per heavy atom. The van der Waals surface area contributed by atoms with Crippen LogP contribution >= 0.6 is 0 Å². The van der Waals surface area contributed by atoms with E-state index in [1.807, 2.05) is 13.0 Å². The van der Waals surface area contributed by atoms with Crippen molar-refractivity contribution in [3.05, 3.63) is 34.9 Å². The predicted octanol–water partition coefficient (Wildman–Crippen LogP) is 4.24. The summed E-state index contributed by atoms with van der Waals surface area (Å²) in [5, 5.41) is 19.5. The second-order valence-corrected chi connectivity index (χ2v) is 8.60. The van der Waals surface area contributed by atoms with Crippen molar-refractivity contribution in [3.63, 3.8) is 0 Å². The van der Waals surface area contributed by atoms with Crippen LogP contribution in [0.15, 0.2) is 18.2 Å². The van der Waals surface area contributed by atoms with Crippen LogP contribution < -0.4 is 0 Å². The summed E-state index contributed by atoms with van der Waals surface area (Å²) in [5.41, 5.74) is 3.36. The molecular weight excluding hydrogens is 300 g/mol. The molecule has 0 aromatic heterocycles. The highest BCUT2D eigenvalue weighted by Gasteiger charge is 2.55. The van der Waals surface area contributed by atoms with Crippen molar-refractivity contribution >= 4 is 5.97 Å². The number of aryl methyl sites for hydroxylation is 1. The SMILES string of the molecule is CC(O)[C@H]1CC[C@H]2[C@@H]3CCc4cc(C(=O)O)ccc4[C@H]3CC[C@]12C. The minimum atomic E-state index is -0.827. The van der Waals surface area contributed by atoms with Gasteiger partial charge in [0, 0.05) is 0 Å². The number of aliphatic hydroxyl groups excluding tert-OH is 1. The first kappa shape index (κ1) is 16.1. The van der Waals surface area contributed by atoms with Gasteiger partial charge in [0.25, 0.3) is 0 Å². The molecule has 0 spiro atoms. The summed E-state index contributed by atoms with van der Waals surface area (Å²) in [6, 6.07) is 5.76. The molecule has 1 aromatic rings. The van der Waals surface area contributed by atoms with Crippen molar-refractivity contribution in [2.45, 2.75) is 64.4 Å². The average Bonchev–Trinajstić information content (AvgIpc) is 2.91. The molecule has 6 atom stereocenters. The standard InChI is InChI=1S/C21H28O3/c1-12(22)18-7-8-19-17-6-3-13-11-14(20(23)24)4-5-15(13)16(17)9-10-21(18,19)2/h4-5,11-12,16-19,22H,3,6-10H2,1-2H3,(H,23,24)/t12?,16-,17-,18-,19+,21-/m1/s1. The molecule has 2 N–H and O–H groups in total. The third kappa shape index (κ3) is 2.24. The van der Waals surface area contributed by atoms with Gasteiger partial charge in [-0.05, 0) is 97.8 Å². The van der Waals surface area contributed by atoms with E-state index in [4.69, 9.17) is 0 Å². The fraction of sp³-hybridized carbons (Fsp3) is 0.667. The Hall–Kier alpha value is -1.35. The van der Waals surface area contributed by atoms with Gasteiger partial charge in [0.2, 0.25) is 0 Å². The molecule has 4 rings (SSSR count). The molecule has 3 nitrogen and oxygen atoms in total. The molecule has 0 radical (unpaired) electrons. The number of carbonyl (C=O) groups is 1. The zero-order valence-corrected chi connectivity index (χ0v) is 14.7. The van der Waals surface area contributed by atoms with Crippen LogP contribution in [0.3, 0.4) is 0 Å². The van der Waals surface area contributed by atoms with Gasteiger partial charge < -0.3 is 10.2 Å². The lowest BCUT2D eigenvalue weighted by Gasteiger charge is -2.51. The van der Waals surface area contributed by atoms with E-state index >= 15 is 0 Å². The largest absolute Gasteiger partial charge is 0.478 e. The fourth-order valence-electron chi connectivity index (χ4n) is 6.55. The maximum atomic E-state index is 11.2. The monoisotopic (exact) mass is 328 g/mol. The maximum absolute atomic E-state index is 11.2. The Kier molecular flexibility index (Phi) is 3.76. The number of benzene rings is 1. The summed E-state index contributed by atoms with van der Waals surface area (Å²) in [4.78, 5) is 11.2. The van der Waals surface area contributed by atoms with E-state index in [1.54, 1.807) is 6.07 Å². The van der Waals surface area contributed by atoms with Gasteiger partial charge in [-0.3, -0.25) is 0 Å². The first-order valence-corrected chi connectivity index (χ1v) is 9.46. The second kappa shape index (κ2) is 5.59. The average molecular weight is 328 g/mol. The molecule has 3 aliphatic rings. The van der Waals surface area contributed by atoms with E-state index in [0.717, 1.165) is 12.8 Å². The van der Waals surface area contributed by atoms with Gasteiger partial charge in [0.05, 0.1) is 11.7 Å². The molecule has 0 saturated heterocycles. The smallest absolute Gasteiger partial charge is 0.335 e. The number of aromatic carboxylic acids is 1. The molecule has 1 unspecified atom stereocenters. The minimum absolute atomic E-state index is 0.203. The molecule has 130 valence electrons. The first-order valence-electron chi connectivity index (χ1n) is 9.46. The summed E-state index contributed by atoms with van der Waals surface area (Å²) < 4.78 is 0. The number of hydrogen-bond acceptors (Lipinski definition) is 2. The molecule has 24 heavy (non-hydrogen) atoms. The van der Waals surface area contributed by atoms with Gasteiger partial charge in [-0.15, -0.1) is 0 Å². The number of fused-ring (bicyclic) bond motifs is 5. The third-order valence-corrected chi connectivity index (χ3v) is 7.63. The topological polar surface area (TPSA) is 57.5 Å².